The number of fused-ring (bicyclic) bond motifs is 4. The molecule has 3 heteroatoms. The monoisotopic (exact) mass is 288 g/mol. The molecule has 0 aromatic rings. The van der Waals surface area contributed by atoms with Crippen molar-refractivity contribution >= 4 is 5.91 Å². The number of carbonyl (C=O) groups excluding carboxylic acids is 1. The van der Waals surface area contributed by atoms with E-state index < -0.39 is 0 Å². The molecule has 21 heavy (non-hydrogen) atoms. The van der Waals surface area contributed by atoms with Gasteiger partial charge in [0.15, 0.2) is 0 Å². The molecule has 0 radical (unpaired) electrons. The van der Waals surface area contributed by atoms with Crippen LogP contribution in [0.2, 0.25) is 0 Å². The Labute approximate surface area is 128 Å². The van der Waals surface area contributed by atoms with Crippen molar-refractivity contribution in [2.45, 2.75) is 57.4 Å². The van der Waals surface area contributed by atoms with E-state index in [9.17, 15) is 4.79 Å². The molecule has 1 saturated carbocycles. The fourth-order valence-corrected chi connectivity index (χ4v) is 5.15. The number of carbonyl (C=O) groups is 1. The summed E-state index contributed by atoms with van der Waals surface area (Å²) in [6.07, 6.45) is 12.4. The van der Waals surface area contributed by atoms with E-state index in [4.69, 9.17) is 0 Å². The first-order valence-corrected chi connectivity index (χ1v) is 9.04. The number of hydrogen-bond donors (Lipinski definition) is 0. The van der Waals surface area contributed by atoms with Crippen LogP contribution in [0.4, 0.5) is 0 Å². The zero-order valence-electron chi connectivity index (χ0n) is 13.1. The molecule has 5 rings (SSSR count). The van der Waals surface area contributed by atoms with Gasteiger partial charge in [0.2, 0.25) is 5.91 Å². The summed E-state index contributed by atoms with van der Waals surface area (Å²) in [6, 6.07) is 0.554. The van der Waals surface area contributed by atoms with Gasteiger partial charge >= 0.3 is 0 Å². The summed E-state index contributed by atoms with van der Waals surface area (Å²) in [5.41, 5.74) is 1.43. The summed E-state index contributed by atoms with van der Waals surface area (Å²) in [5.74, 6) is 1.82. The lowest BCUT2D eigenvalue weighted by Gasteiger charge is -2.44. The molecule has 4 saturated heterocycles. The van der Waals surface area contributed by atoms with E-state index in [1.165, 1.54) is 70.0 Å². The van der Waals surface area contributed by atoms with Crippen LogP contribution in [0.1, 0.15) is 51.4 Å². The fourth-order valence-electron chi connectivity index (χ4n) is 5.15. The van der Waals surface area contributed by atoms with Crippen molar-refractivity contribution in [3.63, 3.8) is 0 Å². The summed E-state index contributed by atoms with van der Waals surface area (Å²) < 4.78 is 0. The van der Waals surface area contributed by atoms with E-state index in [1.54, 1.807) is 0 Å². The summed E-state index contributed by atoms with van der Waals surface area (Å²) >= 11 is 0. The molecular formula is C18H28N2O. The van der Waals surface area contributed by atoms with E-state index in [0.29, 0.717) is 17.9 Å². The van der Waals surface area contributed by atoms with Crippen LogP contribution in [-0.4, -0.2) is 47.9 Å². The van der Waals surface area contributed by atoms with Gasteiger partial charge in [0, 0.05) is 25.2 Å². The second-order valence-electron chi connectivity index (χ2n) is 7.56. The minimum absolute atomic E-state index is 0.329. The lowest BCUT2D eigenvalue weighted by atomic mass is 9.78. The molecule has 5 fully saturated rings. The first-order valence-electron chi connectivity index (χ1n) is 9.04. The molecule has 4 heterocycles. The van der Waals surface area contributed by atoms with Crippen molar-refractivity contribution in [2.75, 3.05) is 26.2 Å². The maximum atomic E-state index is 12.8. The first-order chi connectivity index (χ1) is 10.3. The summed E-state index contributed by atoms with van der Waals surface area (Å²) in [4.78, 5) is 17.6. The van der Waals surface area contributed by atoms with Crippen LogP contribution in [0.5, 0.6) is 0 Å². The maximum absolute atomic E-state index is 12.8. The standard InChI is InChI=1S/C18H28N2O/c21-18(12-16-13-19-10-7-14(16)8-11-19)20-9-3-5-15-4-1-2-6-17(15)20/h12,14-15,17H,1-11,13H2/b16-12+/t15-,17-/m1/s1. The molecule has 5 aliphatic rings. The molecule has 0 aromatic heterocycles. The van der Waals surface area contributed by atoms with E-state index in [-0.39, 0.29) is 0 Å². The molecule has 0 N–H and O–H groups in total. The molecule has 1 amide bonds. The average molecular weight is 288 g/mol. The van der Waals surface area contributed by atoms with Gasteiger partial charge in [-0.15, -0.1) is 0 Å². The quantitative estimate of drug-likeness (QED) is 0.693. The van der Waals surface area contributed by atoms with E-state index in [1.807, 2.05) is 6.08 Å². The predicted molar refractivity (Wildman–Crippen MR) is 83.9 cm³/mol. The van der Waals surface area contributed by atoms with Crippen molar-refractivity contribution < 1.29 is 4.79 Å². The summed E-state index contributed by atoms with van der Waals surface area (Å²) in [6.45, 7) is 4.53. The van der Waals surface area contributed by atoms with Gasteiger partial charge in [0.1, 0.15) is 0 Å². The van der Waals surface area contributed by atoms with Crippen LogP contribution in [0.3, 0.4) is 0 Å². The van der Waals surface area contributed by atoms with E-state index in [0.717, 1.165) is 19.0 Å². The molecular weight excluding hydrogens is 260 g/mol. The first kappa shape index (κ1) is 13.8. The lowest BCUT2D eigenvalue weighted by molar-refractivity contribution is -0.132. The third-order valence-corrected chi connectivity index (χ3v) is 6.35. The Bertz CT molecular complexity index is 434. The topological polar surface area (TPSA) is 23.6 Å². The Morgan fingerprint density at radius 3 is 2.48 bits per heavy atom. The Morgan fingerprint density at radius 1 is 0.952 bits per heavy atom. The van der Waals surface area contributed by atoms with Crippen LogP contribution >= 0.6 is 0 Å². The third-order valence-electron chi connectivity index (χ3n) is 6.35. The Balaban J connectivity index is 1.48. The molecule has 2 atom stereocenters. The van der Waals surface area contributed by atoms with Gasteiger partial charge in [0.05, 0.1) is 0 Å². The number of rotatable bonds is 1. The molecule has 4 aliphatic heterocycles. The second-order valence-corrected chi connectivity index (χ2v) is 7.56. The average Bonchev–Trinajstić information content (AvgIpc) is 2.55. The maximum Gasteiger partial charge on any atom is 0.246 e. The van der Waals surface area contributed by atoms with Crippen molar-refractivity contribution in [3.05, 3.63) is 11.6 Å². The second kappa shape index (κ2) is 5.75. The number of amides is 1. The zero-order chi connectivity index (χ0) is 14.2. The van der Waals surface area contributed by atoms with Crippen LogP contribution in [-0.2, 0) is 4.79 Å². The van der Waals surface area contributed by atoms with Gasteiger partial charge in [-0.2, -0.15) is 0 Å². The summed E-state index contributed by atoms with van der Waals surface area (Å²) in [5, 5.41) is 0. The van der Waals surface area contributed by atoms with Gasteiger partial charge in [-0.3, -0.25) is 9.69 Å². The molecule has 3 nitrogen and oxygen atoms in total. The largest absolute Gasteiger partial charge is 0.336 e. The highest BCUT2D eigenvalue weighted by Gasteiger charge is 2.36. The Kier molecular flexibility index (Phi) is 3.78. The van der Waals surface area contributed by atoms with E-state index >= 15 is 0 Å². The normalized spacial score (nSPS) is 41.1. The van der Waals surface area contributed by atoms with Gasteiger partial charge in [-0.05, 0) is 69.0 Å². The minimum Gasteiger partial charge on any atom is -0.336 e. The molecule has 0 spiro atoms. The van der Waals surface area contributed by atoms with Crippen LogP contribution in [0.25, 0.3) is 0 Å². The van der Waals surface area contributed by atoms with Crippen molar-refractivity contribution in [2.24, 2.45) is 11.8 Å². The highest BCUT2D eigenvalue weighted by molar-refractivity contribution is 5.89. The van der Waals surface area contributed by atoms with Gasteiger partial charge < -0.3 is 4.90 Å². The zero-order valence-corrected chi connectivity index (χ0v) is 13.1. The smallest absolute Gasteiger partial charge is 0.246 e. The lowest BCUT2D eigenvalue weighted by Crippen LogP contribution is -2.49. The van der Waals surface area contributed by atoms with Crippen molar-refractivity contribution in [3.8, 4) is 0 Å². The molecule has 2 bridgehead atoms. The Morgan fingerprint density at radius 2 is 1.71 bits per heavy atom. The highest BCUT2D eigenvalue weighted by atomic mass is 16.2. The van der Waals surface area contributed by atoms with Crippen LogP contribution in [0.15, 0.2) is 11.6 Å². The third kappa shape index (κ3) is 2.65. The molecule has 0 aromatic carbocycles. The highest BCUT2D eigenvalue weighted by Crippen LogP contribution is 2.36. The number of piperidine rings is 4. The van der Waals surface area contributed by atoms with Gasteiger partial charge in [-0.25, -0.2) is 0 Å². The number of likely N-dealkylation sites (tertiary alicyclic amines) is 1. The fraction of sp³-hybridized carbons (Fsp3) is 0.833. The van der Waals surface area contributed by atoms with Gasteiger partial charge in [0.25, 0.3) is 0 Å². The predicted octanol–water partition coefficient (Wildman–Crippen LogP) is 2.82. The molecule has 0 unspecified atom stereocenters. The Hall–Kier alpha value is -0.830. The molecule has 116 valence electrons. The minimum atomic E-state index is 0.329. The van der Waals surface area contributed by atoms with Crippen LogP contribution in [0, 0.1) is 11.8 Å². The van der Waals surface area contributed by atoms with Crippen molar-refractivity contribution in [1.82, 2.24) is 9.80 Å². The summed E-state index contributed by atoms with van der Waals surface area (Å²) in [7, 11) is 0. The van der Waals surface area contributed by atoms with Gasteiger partial charge in [-0.1, -0.05) is 12.8 Å². The molecule has 1 aliphatic carbocycles. The number of nitrogens with zero attached hydrogens (tertiary/aromatic N) is 2. The van der Waals surface area contributed by atoms with Crippen molar-refractivity contribution in [1.29, 1.82) is 0 Å². The van der Waals surface area contributed by atoms with E-state index in [2.05, 4.69) is 9.80 Å². The SMILES string of the molecule is O=C(/C=C1\CN2CCC1CC2)N1CCC[C@H]2CCCC[C@H]21. The number of hydrogen-bond acceptors (Lipinski definition) is 2. The van der Waals surface area contributed by atoms with Crippen LogP contribution < -0.4 is 0 Å².